The van der Waals surface area contributed by atoms with Gasteiger partial charge in [-0.15, -0.1) is 0 Å². The number of nitrogens with zero attached hydrogens (tertiary/aromatic N) is 2. The van der Waals surface area contributed by atoms with Crippen LogP contribution in [0.2, 0.25) is 0 Å². The Morgan fingerprint density at radius 1 is 0.870 bits per heavy atom. The zero-order chi connectivity index (χ0) is 16.1. The Hall–Kier alpha value is -3.08. The lowest BCUT2D eigenvalue weighted by molar-refractivity contribution is -0.116. The summed E-state index contributed by atoms with van der Waals surface area (Å²) in [5, 5.41) is 5.47. The molecule has 0 aromatic heterocycles. The first-order chi connectivity index (χ1) is 11.1. The zero-order valence-electron chi connectivity index (χ0n) is 12.4. The Morgan fingerprint density at radius 3 is 2.09 bits per heavy atom. The Balaban J connectivity index is 1.85. The van der Waals surface area contributed by atoms with Crippen molar-refractivity contribution in [1.29, 1.82) is 0 Å². The van der Waals surface area contributed by atoms with Gasteiger partial charge in [0.1, 0.15) is 0 Å². The molecule has 112 valence electrons. The molecular weight excluding hydrogens is 292 g/mol. The zero-order valence-corrected chi connectivity index (χ0v) is 12.4. The molecule has 4 rings (SSSR count). The first-order valence-electron chi connectivity index (χ1n) is 7.26. The molecule has 1 aliphatic heterocycles. The van der Waals surface area contributed by atoms with E-state index >= 15 is 0 Å². The van der Waals surface area contributed by atoms with Gasteiger partial charge in [-0.05, 0) is 25.1 Å². The average Bonchev–Trinajstić information content (AvgIpc) is 2.90. The lowest BCUT2D eigenvalue weighted by Crippen LogP contribution is -2.23. The second-order valence-electron chi connectivity index (χ2n) is 5.65. The maximum Gasteiger partial charge on any atom is 0.253 e. The Labute approximate surface area is 132 Å². The van der Waals surface area contributed by atoms with E-state index in [1.807, 2.05) is 0 Å². The molecule has 0 bridgehead atoms. The van der Waals surface area contributed by atoms with Crippen molar-refractivity contribution in [3.63, 3.8) is 0 Å². The molecule has 2 aromatic carbocycles. The maximum atomic E-state index is 12.7. The van der Waals surface area contributed by atoms with Gasteiger partial charge >= 0.3 is 0 Å². The highest BCUT2D eigenvalue weighted by Gasteiger charge is 2.31. The van der Waals surface area contributed by atoms with E-state index in [1.165, 1.54) is 5.01 Å². The van der Waals surface area contributed by atoms with Crippen molar-refractivity contribution < 1.29 is 14.4 Å². The van der Waals surface area contributed by atoms with Gasteiger partial charge in [0, 0.05) is 28.0 Å². The van der Waals surface area contributed by atoms with Crippen molar-refractivity contribution >= 4 is 28.9 Å². The van der Waals surface area contributed by atoms with Crippen LogP contribution in [0.15, 0.2) is 47.6 Å². The number of hydrogen-bond donors (Lipinski definition) is 0. The number of ketones is 2. The van der Waals surface area contributed by atoms with Gasteiger partial charge in [0.25, 0.3) is 5.91 Å². The highest BCUT2D eigenvalue weighted by molar-refractivity contribution is 6.28. The summed E-state index contributed by atoms with van der Waals surface area (Å²) in [5.41, 5.74) is 2.73. The van der Waals surface area contributed by atoms with E-state index in [-0.39, 0.29) is 23.9 Å². The summed E-state index contributed by atoms with van der Waals surface area (Å²) in [6.45, 7) is 1.78. The molecule has 0 saturated heterocycles. The predicted octanol–water partition coefficient (Wildman–Crippen LogP) is 2.57. The number of carbonyl (C=O) groups is 3. The van der Waals surface area contributed by atoms with Crippen LogP contribution < -0.4 is 5.01 Å². The highest BCUT2D eigenvalue weighted by Crippen LogP contribution is 2.31. The fraction of sp³-hybridized carbons (Fsp3) is 0.111. The summed E-state index contributed by atoms with van der Waals surface area (Å²) >= 11 is 0. The minimum atomic E-state index is -0.204. The van der Waals surface area contributed by atoms with Crippen molar-refractivity contribution in [1.82, 2.24) is 0 Å². The number of carbonyl (C=O) groups excluding carboxylic acids is 3. The number of fused-ring (bicyclic) bond motifs is 2. The first-order valence-corrected chi connectivity index (χ1v) is 7.26. The van der Waals surface area contributed by atoms with Crippen LogP contribution in [-0.4, -0.2) is 23.2 Å². The van der Waals surface area contributed by atoms with Crippen LogP contribution in [0.1, 0.15) is 45.2 Å². The van der Waals surface area contributed by atoms with Crippen LogP contribution in [-0.2, 0) is 4.79 Å². The van der Waals surface area contributed by atoms with Gasteiger partial charge in [-0.25, -0.2) is 5.01 Å². The topological polar surface area (TPSA) is 66.8 Å². The standard InChI is InChI=1S/C18H12N2O3/c1-10-8-16(21)20(19-10)11-6-7-14-15(9-11)18(23)13-5-3-2-4-12(13)17(14)22/h2-7,9H,8H2,1H3. The van der Waals surface area contributed by atoms with E-state index in [2.05, 4.69) is 5.10 Å². The molecular formula is C18H12N2O3. The van der Waals surface area contributed by atoms with Crippen molar-refractivity contribution in [2.24, 2.45) is 5.10 Å². The molecule has 0 N–H and O–H groups in total. The largest absolute Gasteiger partial charge is 0.289 e. The maximum absolute atomic E-state index is 12.7. The smallest absolute Gasteiger partial charge is 0.253 e. The molecule has 0 atom stereocenters. The summed E-state index contributed by atoms with van der Waals surface area (Å²) < 4.78 is 0. The Bertz CT molecular complexity index is 928. The van der Waals surface area contributed by atoms with Crippen LogP contribution in [0.3, 0.4) is 0 Å². The van der Waals surface area contributed by atoms with E-state index in [9.17, 15) is 14.4 Å². The molecule has 5 heteroatoms. The number of benzene rings is 2. The lowest BCUT2D eigenvalue weighted by Gasteiger charge is -2.19. The second kappa shape index (κ2) is 4.71. The van der Waals surface area contributed by atoms with E-state index < -0.39 is 0 Å². The number of hydrogen-bond acceptors (Lipinski definition) is 4. The van der Waals surface area contributed by atoms with Crippen LogP contribution in [0.5, 0.6) is 0 Å². The number of anilines is 1. The molecule has 0 saturated carbocycles. The van der Waals surface area contributed by atoms with Crippen molar-refractivity contribution in [2.45, 2.75) is 13.3 Å². The molecule has 1 heterocycles. The summed E-state index contributed by atoms with van der Waals surface area (Å²) in [5.74, 6) is -0.518. The fourth-order valence-electron chi connectivity index (χ4n) is 2.98. The van der Waals surface area contributed by atoms with Gasteiger partial charge in [-0.1, -0.05) is 24.3 Å². The molecule has 0 spiro atoms. The first kappa shape index (κ1) is 13.6. The van der Waals surface area contributed by atoms with E-state index in [0.717, 1.165) is 5.71 Å². The molecule has 0 radical (unpaired) electrons. The quantitative estimate of drug-likeness (QED) is 0.694. The van der Waals surface area contributed by atoms with Crippen molar-refractivity contribution in [2.75, 3.05) is 5.01 Å². The minimum absolute atomic E-state index is 0.141. The molecule has 0 unspecified atom stereocenters. The average molecular weight is 304 g/mol. The normalized spacial score (nSPS) is 16.3. The van der Waals surface area contributed by atoms with Crippen LogP contribution in [0.4, 0.5) is 5.69 Å². The van der Waals surface area contributed by atoms with Crippen LogP contribution in [0.25, 0.3) is 0 Å². The number of amides is 1. The summed E-state index contributed by atoms with van der Waals surface area (Å²) in [4.78, 5) is 37.2. The summed E-state index contributed by atoms with van der Waals surface area (Å²) in [7, 11) is 0. The number of rotatable bonds is 1. The van der Waals surface area contributed by atoms with Crippen LogP contribution in [0, 0.1) is 0 Å². The van der Waals surface area contributed by atoms with E-state index in [1.54, 1.807) is 49.4 Å². The third-order valence-electron chi connectivity index (χ3n) is 4.07. The lowest BCUT2D eigenvalue weighted by atomic mass is 9.84. The SMILES string of the molecule is CC1=NN(c2ccc3c(c2)C(=O)c2ccccc2C3=O)C(=O)C1. The minimum Gasteiger partial charge on any atom is -0.289 e. The number of hydrazone groups is 1. The summed E-state index contributed by atoms with van der Waals surface area (Å²) in [6, 6.07) is 11.6. The third-order valence-corrected chi connectivity index (χ3v) is 4.07. The molecule has 0 fully saturated rings. The van der Waals surface area contributed by atoms with Crippen LogP contribution >= 0.6 is 0 Å². The monoisotopic (exact) mass is 304 g/mol. The second-order valence-corrected chi connectivity index (χ2v) is 5.65. The molecule has 1 aliphatic carbocycles. The molecule has 5 nitrogen and oxygen atoms in total. The Kier molecular flexibility index (Phi) is 2.78. The molecule has 2 aliphatic rings. The molecule has 2 aromatic rings. The van der Waals surface area contributed by atoms with E-state index in [0.29, 0.717) is 27.9 Å². The Morgan fingerprint density at radius 2 is 1.48 bits per heavy atom. The third kappa shape index (κ3) is 1.93. The van der Waals surface area contributed by atoms with E-state index in [4.69, 9.17) is 0 Å². The van der Waals surface area contributed by atoms with Crippen molar-refractivity contribution in [3.8, 4) is 0 Å². The predicted molar refractivity (Wildman–Crippen MR) is 85.0 cm³/mol. The molecule has 23 heavy (non-hydrogen) atoms. The van der Waals surface area contributed by atoms with Gasteiger partial charge in [0.15, 0.2) is 11.6 Å². The van der Waals surface area contributed by atoms with Gasteiger partial charge in [-0.2, -0.15) is 5.10 Å². The van der Waals surface area contributed by atoms with Gasteiger partial charge < -0.3 is 0 Å². The highest BCUT2D eigenvalue weighted by atomic mass is 16.2. The molecule has 1 amide bonds. The van der Waals surface area contributed by atoms with Gasteiger partial charge in [0.05, 0.1) is 12.1 Å². The summed E-state index contributed by atoms with van der Waals surface area (Å²) in [6.07, 6.45) is 0.271. The van der Waals surface area contributed by atoms with Gasteiger partial charge in [0.2, 0.25) is 0 Å². The van der Waals surface area contributed by atoms with Crippen molar-refractivity contribution in [3.05, 3.63) is 64.7 Å². The fourth-order valence-corrected chi connectivity index (χ4v) is 2.98. The van der Waals surface area contributed by atoms with Gasteiger partial charge in [-0.3, -0.25) is 14.4 Å².